The van der Waals surface area contributed by atoms with Gasteiger partial charge in [-0.25, -0.2) is 4.79 Å². The Hall–Kier alpha value is -2.54. The third kappa shape index (κ3) is 3.46. The lowest BCUT2D eigenvalue weighted by Gasteiger charge is -2.33. The van der Waals surface area contributed by atoms with E-state index in [0.29, 0.717) is 31.7 Å². The monoisotopic (exact) mass is 350 g/mol. The Balaban J connectivity index is 2.32. The maximum Gasteiger partial charge on any atom is 0.417 e. The first-order valence-corrected chi connectivity index (χ1v) is 7.88. The first kappa shape index (κ1) is 17.3. The molecule has 7 heteroatoms. The van der Waals surface area contributed by atoms with Crippen molar-refractivity contribution in [2.75, 3.05) is 31.1 Å². The fraction of sp³-hybridized carbons (Fsp3) is 0.278. The minimum absolute atomic E-state index is 0.0742. The van der Waals surface area contributed by atoms with Gasteiger partial charge >= 0.3 is 12.1 Å². The molecule has 1 saturated heterocycles. The summed E-state index contributed by atoms with van der Waals surface area (Å²) in [6.07, 6.45) is -4.58. The van der Waals surface area contributed by atoms with Crippen LogP contribution >= 0.6 is 0 Å². The third-order valence-corrected chi connectivity index (χ3v) is 4.21. The van der Waals surface area contributed by atoms with E-state index in [1.165, 1.54) is 0 Å². The maximum atomic E-state index is 13.6. The number of piperazine rings is 1. The molecule has 2 aromatic rings. The van der Waals surface area contributed by atoms with E-state index >= 15 is 0 Å². The van der Waals surface area contributed by atoms with E-state index < -0.39 is 17.7 Å². The number of benzene rings is 2. The maximum absolute atomic E-state index is 13.6. The van der Waals surface area contributed by atoms with Crippen LogP contribution in [0.15, 0.2) is 42.5 Å². The van der Waals surface area contributed by atoms with Crippen LogP contribution in [0.3, 0.4) is 0 Å². The molecule has 0 radical (unpaired) electrons. The molecule has 0 amide bonds. The second-order valence-electron chi connectivity index (χ2n) is 5.79. The summed E-state index contributed by atoms with van der Waals surface area (Å²) in [6, 6.07) is 10.0. The zero-order valence-electron chi connectivity index (χ0n) is 13.3. The number of aromatic carboxylic acids is 1. The Labute approximate surface area is 142 Å². The van der Waals surface area contributed by atoms with Crippen molar-refractivity contribution < 1.29 is 23.1 Å². The van der Waals surface area contributed by atoms with Crippen LogP contribution < -0.4 is 10.2 Å². The summed E-state index contributed by atoms with van der Waals surface area (Å²) in [4.78, 5) is 13.4. The van der Waals surface area contributed by atoms with Crippen molar-refractivity contribution >= 4 is 11.7 Å². The summed E-state index contributed by atoms with van der Waals surface area (Å²) < 4.78 is 40.9. The summed E-state index contributed by atoms with van der Waals surface area (Å²) in [6.45, 7) is 2.07. The van der Waals surface area contributed by atoms with Crippen molar-refractivity contribution in [3.63, 3.8) is 0 Å². The lowest BCUT2D eigenvalue weighted by Crippen LogP contribution is -2.44. The van der Waals surface area contributed by atoms with E-state index in [1.807, 2.05) is 0 Å². The summed E-state index contributed by atoms with van der Waals surface area (Å²) in [5.74, 6) is -1.24. The molecular formula is C18H17F3N2O2. The highest BCUT2D eigenvalue weighted by atomic mass is 19.4. The largest absolute Gasteiger partial charge is 0.478 e. The average molecular weight is 350 g/mol. The minimum Gasteiger partial charge on any atom is -0.478 e. The van der Waals surface area contributed by atoms with Crippen molar-refractivity contribution in [2.24, 2.45) is 0 Å². The number of nitrogens with zero attached hydrogens (tertiary/aromatic N) is 1. The number of carboxylic acid groups (broad SMARTS) is 1. The fourth-order valence-corrected chi connectivity index (χ4v) is 3.11. The summed E-state index contributed by atoms with van der Waals surface area (Å²) in [7, 11) is 0. The molecule has 2 N–H and O–H groups in total. The van der Waals surface area contributed by atoms with E-state index in [4.69, 9.17) is 0 Å². The van der Waals surface area contributed by atoms with Gasteiger partial charge in [0.1, 0.15) is 0 Å². The van der Waals surface area contributed by atoms with E-state index in [9.17, 15) is 23.1 Å². The second kappa shape index (κ2) is 6.76. The van der Waals surface area contributed by atoms with Crippen LogP contribution in [-0.4, -0.2) is 37.3 Å². The molecule has 2 aromatic carbocycles. The first-order chi connectivity index (χ1) is 11.9. The third-order valence-electron chi connectivity index (χ3n) is 4.21. The van der Waals surface area contributed by atoms with Gasteiger partial charge in [-0.2, -0.15) is 13.2 Å². The van der Waals surface area contributed by atoms with E-state index in [1.54, 1.807) is 35.2 Å². The Morgan fingerprint density at radius 1 is 1.04 bits per heavy atom. The lowest BCUT2D eigenvalue weighted by atomic mass is 9.93. The van der Waals surface area contributed by atoms with Gasteiger partial charge in [0.15, 0.2) is 0 Å². The number of carbonyl (C=O) groups is 1. The molecule has 1 fully saturated rings. The van der Waals surface area contributed by atoms with Gasteiger partial charge in [-0.3, -0.25) is 0 Å². The number of halogens is 3. The molecule has 0 spiro atoms. The Morgan fingerprint density at radius 3 is 2.24 bits per heavy atom. The molecule has 3 rings (SSSR count). The summed E-state index contributed by atoms with van der Waals surface area (Å²) in [5.41, 5.74) is -0.526. The summed E-state index contributed by atoms with van der Waals surface area (Å²) >= 11 is 0. The van der Waals surface area contributed by atoms with Crippen LogP contribution in [0.4, 0.5) is 18.9 Å². The normalized spacial score (nSPS) is 15.2. The van der Waals surface area contributed by atoms with E-state index in [2.05, 4.69) is 5.32 Å². The van der Waals surface area contributed by atoms with Gasteiger partial charge in [-0.15, -0.1) is 0 Å². The molecule has 0 aliphatic carbocycles. The van der Waals surface area contributed by atoms with Crippen molar-refractivity contribution in [3.05, 3.63) is 53.6 Å². The highest BCUT2D eigenvalue weighted by Gasteiger charge is 2.37. The van der Waals surface area contributed by atoms with Gasteiger partial charge in [0.2, 0.25) is 0 Å². The van der Waals surface area contributed by atoms with Gasteiger partial charge < -0.3 is 15.3 Å². The molecule has 0 unspecified atom stereocenters. The molecule has 0 aromatic heterocycles. The van der Waals surface area contributed by atoms with Gasteiger partial charge in [0, 0.05) is 31.7 Å². The van der Waals surface area contributed by atoms with Crippen LogP contribution in [0, 0.1) is 0 Å². The molecular weight excluding hydrogens is 333 g/mol. The number of nitrogens with one attached hydrogen (secondary N) is 1. The predicted molar refractivity (Wildman–Crippen MR) is 88.9 cm³/mol. The van der Waals surface area contributed by atoms with Crippen LogP contribution in [0.1, 0.15) is 15.9 Å². The van der Waals surface area contributed by atoms with E-state index in [-0.39, 0.29) is 16.8 Å². The number of hydrogen-bond acceptors (Lipinski definition) is 3. The molecule has 0 bridgehead atoms. The van der Waals surface area contributed by atoms with Crippen LogP contribution in [0.25, 0.3) is 11.1 Å². The first-order valence-electron chi connectivity index (χ1n) is 7.88. The molecule has 0 atom stereocenters. The van der Waals surface area contributed by atoms with E-state index in [0.717, 1.165) is 12.1 Å². The standard InChI is InChI=1S/C18H17F3N2O2/c19-18(20,21)14-7-6-13(17(24)25)16(23-10-8-22-9-11-23)15(14)12-4-2-1-3-5-12/h1-7,22H,8-11H2,(H,24,25). The molecule has 1 aliphatic heterocycles. The van der Waals surface area contributed by atoms with Gasteiger partial charge in [0.25, 0.3) is 0 Å². The van der Waals surface area contributed by atoms with Crippen molar-refractivity contribution in [2.45, 2.75) is 6.18 Å². The smallest absolute Gasteiger partial charge is 0.417 e. The predicted octanol–water partition coefficient (Wildman–Crippen LogP) is 3.48. The molecule has 1 aliphatic rings. The number of hydrogen-bond donors (Lipinski definition) is 2. The zero-order valence-corrected chi connectivity index (χ0v) is 13.3. The molecule has 132 valence electrons. The summed E-state index contributed by atoms with van der Waals surface area (Å²) in [5, 5.41) is 12.7. The van der Waals surface area contributed by atoms with Crippen LogP contribution in [-0.2, 0) is 6.18 Å². The van der Waals surface area contributed by atoms with Gasteiger partial charge in [0.05, 0.1) is 16.8 Å². The highest BCUT2D eigenvalue weighted by molar-refractivity contribution is 6.00. The number of alkyl halides is 3. The SMILES string of the molecule is O=C(O)c1ccc(C(F)(F)F)c(-c2ccccc2)c1N1CCNCC1. The van der Waals surface area contributed by atoms with Gasteiger partial charge in [-0.1, -0.05) is 30.3 Å². The van der Waals surface area contributed by atoms with Crippen molar-refractivity contribution in [1.82, 2.24) is 5.32 Å². The topological polar surface area (TPSA) is 52.6 Å². The average Bonchev–Trinajstić information content (AvgIpc) is 2.61. The Kier molecular flexibility index (Phi) is 4.67. The number of anilines is 1. The highest BCUT2D eigenvalue weighted by Crippen LogP contribution is 2.44. The Morgan fingerprint density at radius 2 is 1.68 bits per heavy atom. The quantitative estimate of drug-likeness (QED) is 0.890. The minimum atomic E-state index is -4.58. The Bertz CT molecular complexity index is 770. The lowest BCUT2D eigenvalue weighted by molar-refractivity contribution is -0.137. The van der Waals surface area contributed by atoms with Gasteiger partial charge in [-0.05, 0) is 17.7 Å². The molecule has 4 nitrogen and oxygen atoms in total. The van der Waals surface area contributed by atoms with Crippen molar-refractivity contribution in [3.8, 4) is 11.1 Å². The number of carboxylic acids is 1. The fourth-order valence-electron chi connectivity index (χ4n) is 3.11. The second-order valence-corrected chi connectivity index (χ2v) is 5.79. The number of rotatable bonds is 3. The molecule has 25 heavy (non-hydrogen) atoms. The van der Waals surface area contributed by atoms with Crippen molar-refractivity contribution in [1.29, 1.82) is 0 Å². The molecule has 0 saturated carbocycles. The van der Waals surface area contributed by atoms with Crippen LogP contribution in [0.5, 0.6) is 0 Å². The van der Waals surface area contributed by atoms with Crippen LogP contribution in [0.2, 0.25) is 0 Å². The zero-order chi connectivity index (χ0) is 18.0. The molecule has 1 heterocycles.